The molecule has 0 aliphatic rings. The van der Waals surface area contributed by atoms with E-state index in [4.69, 9.17) is 0 Å². The van der Waals surface area contributed by atoms with Crippen LogP contribution in [0.1, 0.15) is 31.7 Å². The Morgan fingerprint density at radius 1 is 1.26 bits per heavy atom. The Hall–Kier alpha value is -1.40. The van der Waals surface area contributed by atoms with E-state index in [9.17, 15) is 13.2 Å². The number of hydrogen-bond acceptors (Lipinski definition) is 3. The third-order valence-corrected chi connectivity index (χ3v) is 5.16. The summed E-state index contributed by atoms with van der Waals surface area (Å²) in [7, 11) is -1.59. The fourth-order valence-corrected chi connectivity index (χ4v) is 2.70. The summed E-state index contributed by atoms with van der Waals surface area (Å²) in [6.07, 6.45) is 4.27. The second kappa shape index (κ2) is 9.67. The minimum atomic E-state index is -3.14. The number of amides is 1. The summed E-state index contributed by atoms with van der Waals surface area (Å²) in [6, 6.07) is 10.3. The standard InChI is InChI=1S/C17H28N2O3S/c1-15(10-11-16-8-5-4-6-9-16)14-17(20)18-12-7-13-19(2)23(3,21)22/h4-6,8-9,15H,7,10-14H2,1-3H3,(H,18,20)/t15-/m0/s1. The number of carbonyl (C=O) groups is 1. The maximum Gasteiger partial charge on any atom is 0.220 e. The third kappa shape index (κ3) is 8.71. The predicted octanol–water partition coefficient (Wildman–Crippen LogP) is 2.04. The predicted molar refractivity (Wildman–Crippen MR) is 93.6 cm³/mol. The molecule has 6 heteroatoms. The van der Waals surface area contributed by atoms with Gasteiger partial charge in [0.15, 0.2) is 0 Å². The maximum absolute atomic E-state index is 11.9. The number of aryl methyl sites for hydroxylation is 1. The fraction of sp³-hybridized carbons (Fsp3) is 0.588. The molecule has 0 aliphatic carbocycles. The smallest absolute Gasteiger partial charge is 0.220 e. The Kier molecular flexibility index (Phi) is 8.26. The average Bonchev–Trinajstić information content (AvgIpc) is 2.49. The van der Waals surface area contributed by atoms with Crippen molar-refractivity contribution in [1.82, 2.24) is 9.62 Å². The van der Waals surface area contributed by atoms with Crippen LogP contribution in [0.3, 0.4) is 0 Å². The van der Waals surface area contributed by atoms with Crippen LogP contribution in [0.2, 0.25) is 0 Å². The van der Waals surface area contributed by atoms with Crippen molar-refractivity contribution in [2.75, 3.05) is 26.4 Å². The molecule has 23 heavy (non-hydrogen) atoms. The van der Waals surface area contributed by atoms with Gasteiger partial charge in [0.1, 0.15) is 0 Å². The monoisotopic (exact) mass is 340 g/mol. The highest BCUT2D eigenvalue weighted by molar-refractivity contribution is 7.88. The molecule has 0 aromatic heterocycles. The molecule has 5 nitrogen and oxygen atoms in total. The Morgan fingerprint density at radius 2 is 1.91 bits per heavy atom. The van der Waals surface area contributed by atoms with Crippen LogP contribution >= 0.6 is 0 Å². The molecule has 1 aromatic rings. The van der Waals surface area contributed by atoms with Gasteiger partial charge in [-0.2, -0.15) is 0 Å². The molecule has 1 atom stereocenters. The molecule has 0 saturated carbocycles. The lowest BCUT2D eigenvalue weighted by Crippen LogP contribution is -2.31. The topological polar surface area (TPSA) is 66.5 Å². The lowest BCUT2D eigenvalue weighted by molar-refractivity contribution is -0.121. The summed E-state index contributed by atoms with van der Waals surface area (Å²) in [5.74, 6) is 0.362. The molecule has 1 rings (SSSR count). The lowest BCUT2D eigenvalue weighted by atomic mass is 9.98. The first kappa shape index (κ1) is 19.6. The number of hydrogen-bond donors (Lipinski definition) is 1. The van der Waals surface area contributed by atoms with E-state index in [-0.39, 0.29) is 5.91 Å². The summed E-state index contributed by atoms with van der Waals surface area (Å²) in [6.45, 7) is 3.01. The van der Waals surface area contributed by atoms with E-state index in [1.165, 1.54) is 16.1 Å². The van der Waals surface area contributed by atoms with E-state index in [1.807, 2.05) is 18.2 Å². The number of carbonyl (C=O) groups excluding carboxylic acids is 1. The molecule has 0 spiro atoms. The van der Waals surface area contributed by atoms with Crippen LogP contribution < -0.4 is 5.32 Å². The number of benzene rings is 1. The normalized spacial score (nSPS) is 13.0. The van der Waals surface area contributed by atoms with Crippen molar-refractivity contribution in [2.45, 2.75) is 32.6 Å². The summed E-state index contributed by atoms with van der Waals surface area (Å²) in [5, 5.41) is 2.86. The second-order valence-electron chi connectivity index (χ2n) is 6.12. The van der Waals surface area contributed by atoms with Gasteiger partial charge in [-0.1, -0.05) is 37.3 Å². The zero-order chi connectivity index (χ0) is 17.3. The highest BCUT2D eigenvalue weighted by Crippen LogP contribution is 2.12. The van der Waals surface area contributed by atoms with Crippen LogP contribution in [-0.4, -0.2) is 45.0 Å². The van der Waals surface area contributed by atoms with Gasteiger partial charge in [-0.15, -0.1) is 0 Å². The number of sulfonamides is 1. The molecular formula is C17H28N2O3S. The third-order valence-electron chi connectivity index (χ3n) is 3.84. The maximum atomic E-state index is 11.9. The lowest BCUT2D eigenvalue weighted by Gasteiger charge is -2.15. The van der Waals surface area contributed by atoms with Crippen molar-refractivity contribution >= 4 is 15.9 Å². The van der Waals surface area contributed by atoms with Gasteiger partial charge in [0.2, 0.25) is 15.9 Å². The molecule has 130 valence electrons. The van der Waals surface area contributed by atoms with Crippen molar-refractivity contribution in [2.24, 2.45) is 5.92 Å². The highest BCUT2D eigenvalue weighted by Gasteiger charge is 2.11. The Labute approximate surface area is 140 Å². The van der Waals surface area contributed by atoms with Crippen LogP contribution in [0.5, 0.6) is 0 Å². The molecule has 0 radical (unpaired) electrons. The molecule has 1 aromatic carbocycles. The molecule has 1 amide bonds. The second-order valence-corrected chi connectivity index (χ2v) is 8.21. The molecule has 0 saturated heterocycles. The van der Waals surface area contributed by atoms with Crippen LogP contribution in [0, 0.1) is 5.92 Å². The van der Waals surface area contributed by atoms with Crippen molar-refractivity contribution in [3.05, 3.63) is 35.9 Å². The van der Waals surface area contributed by atoms with Crippen LogP contribution in [-0.2, 0) is 21.2 Å². The van der Waals surface area contributed by atoms with Gasteiger partial charge < -0.3 is 5.32 Å². The number of nitrogens with one attached hydrogen (secondary N) is 1. The van der Waals surface area contributed by atoms with Gasteiger partial charge in [-0.05, 0) is 30.7 Å². The molecule has 0 bridgehead atoms. The minimum absolute atomic E-state index is 0.0348. The first-order valence-electron chi connectivity index (χ1n) is 8.01. The molecule has 0 heterocycles. The number of rotatable bonds is 10. The van der Waals surface area contributed by atoms with E-state index in [0.29, 0.717) is 31.8 Å². The zero-order valence-corrected chi connectivity index (χ0v) is 15.1. The van der Waals surface area contributed by atoms with Gasteiger partial charge >= 0.3 is 0 Å². The van der Waals surface area contributed by atoms with E-state index in [0.717, 1.165) is 12.8 Å². The SMILES string of the molecule is C[C@@H](CCc1ccccc1)CC(=O)NCCCN(C)S(C)(=O)=O. The molecule has 0 unspecified atom stereocenters. The van der Waals surface area contributed by atoms with Crippen LogP contribution in [0.25, 0.3) is 0 Å². The molecule has 0 fully saturated rings. The van der Waals surface area contributed by atoms with Gasteiger partial charge in [0, 0.05) is 26.6 Å². The van der Waals surface area contributed by atoms with Crippen molar-refractivity contribution < 1.29 is 13.2 Å². The van der Waals surface area contributed by atoms with E-state index < -0.39 is 10.0 Å². The van der Waals surface area contributed by atoms with Crippen molar-refractivity contribution in [1.29, 1.82) is 0 Å². The quantitative estimate of drug-likeness (QED) is 0.663. The van der Waals surface area contributed by atoms with Gasteiger partial charge in [-0.3, -0.25) is 4.79 Å². The van der Waals surface area contributed by atoms with E-state index in [2.05, 4.69) is 24.4 Å². The van der Waals surface area contributed by atoms with Crippen molar-refractivity contribution in [3.8, 4) is 0 Å². The van der Waals surface area contributed by atoms with Gasteiger partial charge in [0.25, 0.3) is 0 Å². The zero-order valence-electron chi connectivity index (χ0n) is 14.3. The Balaban J connectivity index is 2.16. The summed E-state index contributed by atoms with van der Waals surface area (Å²) in [5.41, 5.74) is 1.29. The summed E-state index contributed by atoms with van der Waals surface area (Å²) >= 11 is 0. The van der Waals surface area contributed by atoms with Crippen LogP contribution in [0.15, 0.2) is 30.3 Å². The largest absolute Gasteiger partial charge is 0.356 e. The van der Waals surface area contributed by atoms with E-state index in [1.54, 1.807) is 7.05 Å². The summed E-state index contributed by atoms with van der Waals surface area (Å²) < 4.78 is 23.8. The average molecular weight is 340 g/mol. The van der Waals surface area contributed by atoms with Crippen LogP contribution in [0.4, 0.5) is 0 Å². The fourth-order valence-electron chi connectivity index (χ4n) is 2.24. The Bertz CT molecular complexity index is 573. The van der Waals surface area contributed by atoms with Gasteiger partial charge in [-0.25, -0.2) is 12.7 Å². The van der Waals surface area contributed by atoms with Gasteiger partial charge in [0.05, 0.1) is 6.26 Å². The first-order valence-corrected chi connectivity index (χ1v) is 9.86. The van der Waals surface area contributed by atoms with Crippen molar-refractivity contribution in [3.63, 3.8) is 0 Å². The first-order chi connectivity index (χ1) is 10.8. The molecular weight excluding hydrogens is 312 g/mol. The number of nitrogens with zero attached hydrogens (tertiary/aromatic N) is 1. The minimum Gasteiger partial charge on any atom is -0.356 e. The summed E-state index contributed by atoms with van der Waals surface area (Å²) in [4.78, 5) is 11.9. The molecule has 0 aliphatic heterocycles. The van der Waals surface area contributed by atoms with E-state index >= 15 is 0 Å². The highest BCUT2D eigenvalue weighted by atomic mass is 32.2. The molecule has 1 N–H and O–H groups in total. The Morgan fingerprint density at radius 3 is 2.52 bits per heavy atom.